The van der Waals surface area contributed by atoms with E-state index in [1.807, 2.05) is 0 Å². The number of nitrogens with one attached hydrogen (secondary N) is 2. The standard InChI is InChI=1S/C24H44N2O6/c1-3-4-5-6-7-8-9-10-11-12-13-14-15-16-21(27)25-19(2)23(30)26-20(24(31)32)17-18-22(28)29/h19-20H,3-18H2,1-2H3,(H,25,27)(H,26,30)(H,28,29)(H,31,32)/t19-,20+/m0/s1. The van der Waals surface area contributed by atoms with Gasteiger partial charge in [0.15, 0.2) is 0 Å². The highest BCUT2D eigenvalue weighted by Crippen LogP contribution is 2.13. The van der Waals surface area contributed by atoms with Crippen molar-refractivity contribution < 1.29 is 29.4 Å². The summed E-state index contributed by atoms with van der Waals surface area (Å²) in [6.45, 7) is 3.71. The minimum atomic E-state index is -1.30. The van der Waals surface area contributed by atoms with E-state index < -0.39 is 29.9 Å². The second kappa shape index (κ2) is 19.6. The summed E-state index contributed by atoms with van der Waals surface area (Å²) in [5, 5.41) is 22.6. The highest BCUT2D eigenvalue weighted by Gasteiger charge is 2.24. The molecule has 4 N–H and O–H groups in total. The number of carbonyl (C=O) groups excluding carboxylic acids is 2. The quantitative estimate of drug-likeness (QED) is 0.189. The Morgan fingerprint density at radius 3 is 1.59 bits per heavy atom. The lowest BCUT2D eigenvalue weighted by molar-refractivity contribution is -0.143. The maximum absolute atomic E-state index is 12.1. The van der Waals surface area contributed by atoms with Crippen LogP contribution in [-0.4, -0.2) is 46.0 Å². The molecule has 0 saturated carbocycles. The number of rotatable bonds is 21. The van der Waals surface area contributed by atoms with Crippen LogP contribution in [0.1, 0.15) is 117 Å². The molecule has 0 heterocycles. The average Bonchev–Trinajstić information content (AvgIpc) is 2.73. The first-order chi connectivity index (χ1) is 15.3. The van der Waals surface area contributed by atoms with E-state index in [0.717, 1.165) is 19.3 Å². The summed E-state index contributed by atoms with van der Waals surface area (Å²) in [5.41, 5.74) is 0. The number of unbranched alkanes of at least 4 members (excludes halogenated alkanes) is 12. The first-order valence-electron chi connectivity index (χ1n) is 12.3. The van der Waals surface area contributed by atoms with Crippen molar-refractivity contribution in [3.8, 4) is 0 Å². The Labute approximate surface area is 192 Å². The third kappa shape index (κ3) is 17.5. The van der Waals surface area contributed by atoms with Crippen LogP contribution in [0.25, 0.3) is 0 Å². The van der Waals surface area contributed by atoms with Crippen LogP contribution in [0.5, 0.6) is 0 Å². The summed E-state index contributed by atoms with van der Waals surface area (Å²) in [7, 11) is 0. The van der Waals surface area contributed by atoms with Gasteiger partial charge in [0.05, 0.1) is 0 Å². The van der Waals surface area contributed by atoms with Crippen LogP contribution in [0, 0.1) is 0 Å². The zero-order valence-electron chi connectivity index (χ0n) is 20.0. The van der Waals surface area contributed by atoms with E-state index >= 15 is 0 Å². The summed E-state index contributed by atoms with van der Waals surface area (Å²) in [6.07, 6.45) is 15.7. The first-order valence-corrected chi connectivity index (χ1v) is 12.3. The fourth-order valence-electron chi connectivity index (χ4n) is 3.50. The molecule has 0 aliphatic heterocycles. The normalized spacial score (nSPS) is 12.7. The van der Waals surface area contributed by atoms with Crippen LogP contribution in [0.4, 0.5) is 0 Å². The zero-order chi connectivity index (χ0) is 24.2. The van der Waals surface area contributed by atoms with Gasteiger partial charge in [0.2, 0.25) is 11.8 Å². The predicted molar refractivity (Wildman–Crippen MR) is 124 cm³/mol. The first kappa shape index (κ1) is 29.9. The number of carboxylic acids is 2. The van der Waals surface area contributed by atoms with Crippen molar-refractivity contribution in [2.75, 3.05) is 0 Å². The van der Waals surface area contributed by atoms with Crippen molar-refractivity contribution in [3.63, 3.8) is 0 Å². The molecular formula is C24H44N2O6. The van der Waals surface area contributed by atoms with Crippen LogP contribution >= 0.6 is 0 Å². The van der Waals surface area contributed by atoms with E-state index in [9.17, 15) is 19.2 Å². The molecule has 186 valence electrons. The zero-order valence-corrected chi connectivity index (χ0v) is 20.0. The number of carbonyl (C=O) groups is 4. The van der Waals surface area contributed by atoms with Crippen LogP contribution in [0.3, 0.4) is 0 Å². The third-order valence-corrected chi connectivity index (χ3v) is 5.54. The van der Waals surface area contributed by atoms with Gasteiger partial charge >= 0.3 is 11.9 Å². The topological polar surface area (TPSA) is 133 Å². The molecule has 2 atom stereocenters. The van der Waals surface area contributed by atoms with Gasteiger partial charge in [0.1, 0.15) is 12.1 Å². The Morgan fingerprint density at radius 2 is 1.16 bits per heavy atom. The molecule has 0 aliphatic carbocycles. The Kier molecular flexibility index (Phi) is 18.3. The molecular weight excluding hydrogens is 412 g/mol. The second-order valence-electron chi connectivity index (χ2n) is 8.61. The maximum atomic E-state index is 12.1. The highest BCUT2D eigenvalue weighted by atomic mass is 16.4. The SMILES string of the molecule is CCCCCCCCCCCCCCCC(=O)N[C@@H](C)C(=O)N[C@H](CCC(=O)O)C(=O)O. The molecule has 0 aromatic heterocycles. The van der Waals surface area contributed by atoms with Gasteiger partial charge < -0.3 is 20.8 Å². The molecule has 0 rings (SSSR count). The van der Waals surface area contributed by atoms with Gasteiger partial charge in [-0.2, -0.15) is 0 Å². The van der Waals surface area contributed by atoms with Gasteiger partial charge in [-0.3, -0.25) is 14.4 Å². The smallest absolute Gasteiger partial charge is 0.326 e. The summed E-state index contributed by atoms with van der Waals surface area (Å²) < 4.78 is 0. The summed E-state index contributed by atoms with van der Waals surface area (Å²) in [4.78, 5) is 45.8. The molecule has 0 fully saturated rings. The Balaban J connectivity index is 3.78. The third-order valence-electron chi connectivity index (χ3n) is 5.54. The van der Waals surface area contributed by atoms with Crippen molar-refractivity contribution >= 4 is 23.8 Å². The van der Waals surface area contributed by atoms with E-state index in [1.54, 1.807) is 0 Å². The lowest BCUT2D eigenvalue weighted by atomic mass is 10.0. The van der Waals surface area contributed by atoms with Crippen LogP contribution in [0.2, 0.25) is 0 Å². The number of hydrogen-bond acceptors (Lipinski definition) is 4. The molecule has 0 bridgehead atoms. The molecule has 0 radical (unpaired) electrons. The minimum Gasteiger partial charge on any atom is -0.481 e. The van der Waals surface area contributed by atoms with Gasteiger partial charge in [-0.05, 0) is 19.8 Å². The van der Waals surface area contributed by atoms with Gasteiger partial charge in [0.25, 0.3) is 0 Å². The lowest BCUT2D eigenvalue weighted by Crippen LogP contribution is -2.50. The van der Waals surface area contributed by atoms with Crippen molar-refractivity contribution in [3.05, 3.63) is 0 Å². The van der Waals surface area contributed by atoms with E-state index in [0.29, 0.717) is 6.42 Å². The molecule has 32 heavy (non-hydrogen) atoms. The molecule has 0 aliphatic rings. The van der Waals surface area contributed by atoms with E-state index in [2.05, 4.69) is 17.6 Å². The molecule has 0 aromatic rings. The molecule has 8 heteroatoms. The van der Waals surface area contributed by atoms with E-state index in [1.165, 1.54) is 71.1 Å². The minimum absolute atomic E-state index is 0.212. The Hall–Kier alpha value is -2.12. The molecule has 0 saturated heterocycles. The van der Waals surface area contributed by atoms with Crippen molar-refractivity contribution in [1.29, 1.82) is 0 Å². The number of carboxylic acid groups (broad SMARTS) is 2. The predicted octanol–water partition coefficient (Wildman–Crippen LogP) is 4.41. The highest BCUT2D eigenvalue weighted by molar-refractivity contribution is 5.90. The molecule has 2 amide bonds. The molecule has 0 unspecified atom stereocenters. The van der Waals surface area contributed by atoms with Crippen LogP contribution in [0.15, 0.2) is 0 Å². The molecule has 8 nitrogen and oxygen atoms in total. The Bertz CT molecular complexity index is 553. The van der Waals surface area contributed by atoms with Gasteiger partial charge in [-0.15, -0.1) is 0 Å². The number of aliphatic carboxylic acids is 2. The second-order valence-corrected chi connectivity index (χ2v) is 8.61. The van der Waals surface area contributed by atoms with Gasteiger partial charge in [-0.1, -0.05) is 84.0 Å². The molecule has 0 spiro atoms. The fourth-order valence-corrected chi connectivity index (χ4v) is 3.50. The average molecular weight is 457 g/mol. The number of hydrogen-bond donors (Lipinski definition) is 4. The van der Waals surface area contributed by atoms with Crippen LogP contribution < -0.4 is 10.6 Å². The summed E-state index contributed by atoms with van der Waals surface area (Å²) >= 11 is 0. The lowest BCUT2D eigenvalue weighted by Gasteiger charge is -2.18. The Morgan fingerprint density at radius 1 is 0.688 bits per heavy atom. The van der Waals surface area contributed by atoms with Gasteiger partial charge in [0, 0.05) is 12.8 Å². The summed E-state index contributed by atoms with van der Waals surface area (Å²) in [6, 6.07) is -2.17. The van der Waals surface area contributed by atoms with Crippen molar-refractivity contribution in [2.24, 2.45) is 0 Å². The maximum Gasteiger partial charge on any atom is 0.326 e. The van der Waals surface area contributed by atoms with Crippen molar-refractivity contribution in [2.45, 2.75) is 129 Å². The van der Waals surface area contributed by atoms with E-state index in [-0.39, 0.29) is 18.7 Å². The fraction of sp³-hybridized carbons (Fsp3) is 0.833. The largest absolute Gasteiger partial charge is 0.481 e. The number of amides is 2. The van der Waals surface area contributed by atoms with Crippen molar-refractivity contribution in [1.82, 2.24) is 10.6 Å². The summed E-state index contributed by atoms with van der Waals surface area (Å²) in [5.74, 6) is -3.32. The molecule has 0 aromatic carbocycles. The van der Waals surface area contributed by atoms with Gasteiger partial charge in [-0.25, -0.2) is 4.79 Å². The van der Waals surface area contributed by atoms with E-state index in [4.69, 9.17) is 10.2 Å². The monoisotopic (exact) mass is 456 g/mol. The van der Waals surface area contributed by atoms with Crippen LogP contribution in [-0.2, 0) is 19.2 Å².